The number of hydrogen-bond acceptors (Lipinski definition) is 6. The number of thioether (sulfide) groups is 1. The standard InChI is InChI=1S/C13H15N3O4S/c1-20-13(19)9-6-10(17)15-16(7-9)12(18)8-21-11-4-2-3-5-14-11/h2-5,9H,6-8H2,1H3,(H,15,17). The summed E-state index contributed by atoms with van der Waals surface area (Å²) >= 11 is 1.27. The number of aromatic nitrogens is 1. The molecule has 0 aliphatic carbocycles. The topological polar surface area (TPSA) is 88.6 Å². The first kappa shape index (κ1) is 15.3. The third-order valence-corrected chi connectivity index (χ3v) is 3.84. The summed E-state index contributed by atoms with van der Waals surface area (Å²) < 4.78 is 4.62. The van der Waals surface area contributed by atoms with Crippen LogP contribution in [-0.4, -0.2) is 47.2 Å². The predicted molar refractivity (Wildman–Crippen MR) is 74.9 cm³/mol. The molecule has 1 atom stereocenters. The molecule has 1 saturated heterocycles. The fourth-order valence-corrected chi connectivity index (χ4v) is 2.62. The highest BCUT2D eigenvalue weighted by molar-refractivity contribution is 7.99. The zero-order chi connectivity index (χ0) is 15.2. The summed E-state index contributed by atoms with van der Waals surface area (Å²) in [7, 11) is 1.26. The van der Waals surface area contributed by atoms with E-state index >= 15 is 0 Å². The maximum atomic E-state index is 12.1. The Balaban J connectivity index is 1.92. The van der Waals surface area contributed by atoms with Gasteiger partial charge in [0.05, 0.1) is 30.4 Å². The fraction of sp³-hybridized carbons (Fsp3) is 0.385. The quantitative estimate of drug-likeness (QED) is 0.632. The van der Waals surface area contributed by atoms with Gasteiger partial charge in [-0.2, -0.15) is 0 Å². The molecule has 7 nitrogen and oxygen atoms in total. The van der Waals surface area contributed by atoms with Gasteiger partial charge in [0, 0.05) is 12.6 Å². The lowest BCUT2D eigenvalue weighted by atomic mass is 10.0. The summed E-state index contributed by atoms with van der Waals surface area (Å²) in [6, 6.07) is 5.41. The van der Waals surface area contributed by atoms with Gasteiger partial charge >= 0.3 is 5.97 Å². The summed E-state index contributed by atoms with van der Waals surface area (Å²) in [5, 5.41) is 1.89. The van der Waals surface area contributed by atoms with Crippen molar-refractivity contribution in [3.63, 3.8) is 0 Å². The minimum Gasteiger partial charge on any atom is -0.469 e. The van der Waals surface area contributed by atoms with Gasteiger partial charge in [-0.1, -0.05) is 17.8 Å². The second kappa shape index (κ2) is 7.07. The van der Waals surface area contributed by atoms with Gasteiger partial charge in [0.25, 0.3) is 5.91 Å². The molecule has 1 unspecified atom stereocenters. The van der Waals surface area contributed by atoms with Gasteiger partial charge in [-0.05, 0) is 12.1 Å². The maximum absolute atomic E-state index is 12.1. The van der Waals surface area contributed by atoms with Gasteiger partial charge in [-0.25, -0.2) is 4.98 Å². The van der Waals surface area contributed by atoms with E-state index in [0.717, 1.165) is 5.03 Å². The summed E-state index contributed by atoms with van der Waals surface area (Å²) in [5.74, 6) is -1.63. The molecule has 0 radical (unpaired) electrons. The van der Waals surface area contributed by atoms with Gasteiger partial charge < -0.3 is 4.74 Å². The molecule has 1 aromatic rings. The number of methoxy groups -OCH3 is 1. The van der Waals surface area contributed by atoms with Crippen molar-refractivity contribution in [3.05, 3.63) is 24.4 Å². The molecule has 1 fully saturated rings. The molecule has 1 N–H and O–H groups in total. The van der Waals surface area contributed by atoms with Crippen LogP contribution < -0.4 is 5.43 Å². The molecule has 0 aromatic carbocycles. The van der Waals surface area contributed by atoms with E-state index in [1.54, 1.807) is 18.3 Å². The van der Waals surface area contributed by atoms with E-state index in [2.05, 4.69) is 15.1 Å². The van der Waals surface area contributed by atoms with Crippen molar-refractivity contribution >= 4 is 29.5 Å². The number of amides is 2. The van der Waals surface area contributed by atoms with Crippen molar-refractivity contribution < 1.29 is 19.1 Å². The van der Waals surface area contributed by atoms with E-state index in [0.29, 0.717) is 0 Å². The summed E-state index contributed by atoms with van der Waals surface area (Å²) in [6.07, 6.45) is 1.67. The van der Waals surface area contributed by atoms with Crippen LogP contribution in [0.25, 0.3) is 0 Å². The van der Waals surface area contributed by atoms with Crippen LogP contribution in [0.1, 0.15) is 6.42 Å². The van der Waals surface area contributed by atoms with E-state index in [1.165, 1.54) is 23.9 Å². The van der Waals surface area contributed by atoms with Crippen LogP contribution in [0.3, 0.4) is 0 Å². The first-order chi connectivity index (χ1) is 10.1. The fourth-order valence-electron chi connectivity index (χ4n) is 1.89. The zero-order valence-electron chi connectivity index (χ0n) is 11.4. The van der Waals surface area contributed by atoms with Crippen molar-refractivity contribution in [1.29, 1.82) is 0 Å². The summed E-state index contributed by atoms with van der Waals surface area (Å²) in [6.45, 7) is 0.125. The predicted octanol–water partition coefficient (Wildman–Crippen LogP) is 0.226. The van der Waals surface area contributed by atoms with Crippen LogP contribution in [0.15, 0.2) is 29.4 Å². The van der Waals surface area contributed by atoms with Crippen LogP contribution in [0.4, 0.5) is 0 Å². The number of ether oxygens (including phenoxy) is 1. The van der Waals surface area contributed by atoms with E-state index < -0.39 is 11.9 Å². The van der Waals surface area contributed by atoms with Gasteiger partial charge in [0.15, 0.2) is 0 Å². The maximum Gasteiger partial charge on any atom is 0.311 e. The number of hydrazine groups is 1. The third-order valence-electron chi connectivity index (χ3n) is 2.91. The molecular formula is C13H15N3O4S. The molecule has 0 spiro atoms. The van der Waals surface area contributed by atoms with Gasteiger partial charge in [-0.15, -0.1) is 0 Å². The van der Waals surface area contributed by atoms with E-state index in [4.69, 9.17) is 0 Å². The lowest BCUT2D eigenvalue weighted by Gasteiger charge is -2.31. The lowest BCUT2D eigenvalue weighted by molar-refractivity contribution is -0.156. The van der Waals surface area contributed by atoms with Gasteiger partial charge in [0.1, 0.15) is 0 Å². The number of rotatable bonds is 4. The minimum atomic E-state index is -0.618. The van der Waals surface area contributed by atoms with Crippen LogP contribution >= 0.6 is 11.8 Å². The molecule has 8 heteroatoms. The highest BCUT2D eigenvalue weighted by atomic mass is 32.2. The molecule has 21 heavy (non-hydrogen) atoms. The molecule has 2 rings (SSSR count). The third kappa shape index (κ3) is 4.19. The van der Waals surface area contributed by atoms with E-state index in [1.807, 2.05) is 6.07 Å². The Morgan fingerprint density at radius 1 is 1.52 bits per heavy atom. The molecule has 1 aliphatic rings. The van der Waals surface area contributed by atoms with E-state index in [9.17, 15) is 14.4 Å². The smallest absolute Gasteiger partial charge is 0.311 e. The lowest BCUT2D eigenvalue weighted by Crippen LogP contribution is -2.55. The first-order valence-electron chi connectivity index (χ1n) is 6.31. The van der Waals surface area contributed by atoms with Gasteiger partial charge in [-0.3, -0.25) is 24.8 Å². The molecule has 0 saturated carbocycles. The number of esters is 1. The minimum absolute atomic E-state index is 0.0316. The molecular weight excluding hydrogens is 294 g/mol. The van der Waals surface area contributed by atoms with Crippen molar-refractivity contribution in [2.45, 2.75) is 11.4 Å². The van der Waals surface area contributed by atoms with Crippen LogP contribution in [0.5, 0.6) is 0 Å². The normalized spacial score (nSPS) is 18.0. The van der Waals surface area contributed by atoms with Crippen molar-refractivity contribution in [3.8, 4) is 0 Å². The highest BCUT2D eigenvalue weighted by Gasteiger charge is 2.33. The van der Waals surface area contributed by atoms with Crippen molar-refractivity contribution in [2.24, 2.45) is 5.92 Å². The average Bonchev–Trinajstić information content (AvgIpc) is 2.52. The monoisotopic (exact) mass is 309 g/mol. The number of nitrogens with one attached hydrogen (secondary N) is 1. The largest absolute Gasteiger partial charge is 0.469 e. The SMILES string of the molecule is COC(=O)C1CC(=O)NN(C(=O)CSc2ccccn2)C1. The number of carbonyl (C=O) groups is 3. The van der Waals surface area contributed by atoms with Crippen LogP contribution in [0.2, 0.25) is 0 Å². The highest BCUT2D eigenvalue weighted by Crippen LogP contribution is 2.17. The Kier molecular flexibility index (Phi) is 5.15. The van der Waals surface area contributed by atoms with Crippen LogP contribution in [-0.2, 0) is 19.1 Å². The summed E-state index contributed by atoms with van der Waals surface area (Å²) in [5.41, 5.74) is 2.46. The average molecular weight is 309 g/mol. The van der Waals surface area contributed by atoms with Crippen molar-refractivity contribution in [2.75, 3.05) is 19.4 Å². The molecule has 0 bridgehead atoms. The van der Waals surface area contributed by atoms with Crippen molar-refractivity contribution in [1.82, 2.24) is 15.4 Å². The van der Waals surface area contributed by atoms with E-state index in [-0.39, 0.29) is 30.5 Å². The van der Waals surface area contributed by atoms with Gasteiger partial charge in [0.2, 0.25) is 5.91 Å². The first-order valence-corrected chi connectivity index (χ1v) is 7.30. The Labute approximate surface area is 126 Å². The number of nitrogens with zero attached hydrogens (tertiary/aromatic N) is 2. The molecule has 112 valence electrons. The Bertz CT molecular complexity index is 537. The molecule has 1 aromatic heterocycles. The molecule has 1 aliphatic heterocycles. The zero-order valence-corrected chi connectivity index (χ0v) is 12.3. The van der Waals surface area contributed by atoms with Crippen LogP contribution in [0, 0.1) is 5.92 Å². The Morgan fingerprint density at radius 2 is 2.33 bits per heavy atom. The molecule has 2 amide bonds. The number of pyridine rings is 1. The second-order valence-electron chi connectivity index (χ2n) is 4.42. The number of hydrogen-bond donors (Lipinski definition) is 1. The Morgan fingerprint density at radius 3 is 3.00 bits per heavy atom. The Hall–Kier alpha value is -2.09. The number of carbonyl (C=O) groups excluding carboxylic acids is 3. The molecule has 2 heterocycles. The second-order valence-corrected chi connectivity index (χ2v) is 5.42. The summed E-state index contributed by atoms with van der Waals surface area (Å²) in [4.78, 5) is 39.2.